The number of hydrogen-bond donors (Lipinski definition) is 0. The molecule has 3 rings (SSSR count). The highest BCUT2D eigenvalue weighted by Crippen LogP contribution is 2.33. The third-order valence-corrected chi connectivity index (χ3v) is 4.22. The van der Waals surface area contributed by atoms with E-state index in [0.717, 1.165) is 31.3 Å². The van der Waals surface area contributed by atoms with Gasteiger partial charge in [0, 0.05) is 44.4 Å². The molecule has 3 fully saturated rings. The predicted molar refractivity (Wildman–Crippen MR) is 55.4 cm³/mol. The van der Waals surface area contributed by atoms with Crippen molar-refractivity contribution in [2.45, 2.75) is 37.4 Å². The molecule has 0 aromatic rings. The SMILES string of the molecule is CN1CC2CC1CN2C1CCOCC1. The summed E-state index contributed by atoms with van der Waals surface area (Å²) in [4.78, 5) is 5.29. The Hall–Kier alpha value is -0.120. The van der Waals surface area contributed by atoms with E-state index in [2.05, 4.69) is 16.8 Å². The lowest BCUT2D eigenvalue weighted by molar-refractivity contribution is 0.0141. The molecule has 0 aromatic carbocycles. The Labute approximate surface area is 86.0 Å². The van der Waals surface area contributed by atoms with E-state index < -0.39 is 0 Å². The topological polar surface area (TPSA) is 15.7 Å². The molecule has 0 N–H and O–H groups in total. The monoisotopic (exact) mass is 196 g/mol. The number of likely N-dealkylation sites (N-methyl/N-ethyl adjacent to an activating group) is 1. The predicted octanol–water partition coefficient (Wildman–Crippen LogP) is 0.554. The van der Waals surface area contributed by atoms with E-state index >= 15 is 0 Å². The maximum atomic E-state index is 5.42. The third-order valence-electron chi connectivity index (χ3n) is 4.22. The van der Waals surface area contributed by atoms with Gasteiger partial charge in [0.15, 0.2) is 0 Å². The number of piperazine rings is 1. The molecular weight excluding hydrogens is 176 g/mol. The molecule has 2 unspecified atom stereocenters. The summed E-state index contributed by atoms with van der Waals surface area (Å²) in [5, 5.41) is 0. The van der Waals surface area contributed by atoms with E-state index in [1.165, 1.54) is 32.4 Å². The highest BCUT2D eigenvalue weighted by molar-refractivity contribution is 5.00. The number of hydrogen-bond acceptors (Lipinski definition) is 3. The largest absolute Gasteiger partial charge is 0.381 e. The molecule has 2 atom stereocenters. The molecule has 3 aliphatic rings. The first kappa shape index (κ1) is 9.13. The molecule has 0 aromatic heterocycles. The Bertz CT molecular complexity index is 213. The van der Waals surface area contributed by atoms with Crippen molar-refractivity contribution in [2.24, 2.45) is 0 Å². The van der Waals surface area contributed by atoms with Crippen molar-refractivity contribution in [1.29, 1.82) is 0 Å². The zero-order chi connectivity index (χ0) is 9.54. The molecule has 80 valence electrons. The quantitative estimate of drug-likeness (QED) is 0.609. The van der Waals surface area contributed by atoms with E-state index in [1.54, 1.807) is 0 Å². The summed E-state index contributed by atoms with van der Waals surface area (Å²) >= 11 is 0. The van der Waals surface area contributed by atoms with Crippen LogP contribution < -0.4 is 0 Å². The van der Waals surface area contributed by atoms with E-state index in [-0.39, 0.29) is 0 Å². The Kier molecular flexibility index (Phi) is 2.26. The Balaban J connectivity index is 1.64. The van der Waals surface area contributed by atoms with Gasteiger partial charge in [0.05, 0.1) is 0 Å². The lowest BCUT2D eigenvalue weighted by Gasteiger charge is -2.39. The maximum Gasteiger partial charge on any atom is 0.0480 e. The van der Waals surface area contributed by atoms with Crippen molar-refractivity contribution in [1.82, 2.24) is 9.80 Å². The molecule has 3 nitrogen and oxygen atoms in total. The molecule has 2 bridgehead atoms. The van der Waals surface area contributed by atoms with Crippen LogP contribution in [-0.2, 0) is 4.74 Å². The van der Waals surface area contributed by atoms with E-state index in [0.29, 0.717) is 0 Å². The Morgan fingerprint density at radius 1 is 1.00 bits per heavy atom. The maximum absolute atomic E-state index is 5.42. The number of ether oxygens (including phenoxy) is 1. The van der Waals surface area contributed by atoms with Gasteiger partial charge in [-0.1, -0.05) is 0 Å². The third kappa shape index (κ3) is 1.38. The van der Waals surface area contributed by atoms with Crippen LogP contribution in [0.3, 0.4) is 0 Å². The fraction of sp³-hybridized carbons (Fsp3) is 1.00. The average molecular weight is 196 g/mol. The minimum atomic E-state index is 0.826. The lowest BCUT2D eigenvalue weighted by Crippen LogP contribution is -2.50. The molecule has 3 heterocycles. The van der Waals surface area contributed by atoms with Crippen LogP contribution in [0.25, 0.3) is 0 Å². The number of nitrogens with zero attached hydrogens (tertiary/aromatic N) is 2. The normalized spacial score (nSPS) is 40.9. The van der Waals surface area contributed by atoms with Crippen LogP contribution in [0.5, 0.6) is 0 Å². The Morgan fingerprint density at radius 2 is 1.79 bits per heavy atom. The molecule has 0 spiro atoms. The van der Waals surface area contributed by atoms with Crippen LogP contribution in [0, 0.1) is 0 Å². The van der Waals surface area contributed by atoms with E-state index in [1.807, 2.05) is 0 Å². The summed E-state index contributed by atoms with van der Waals surface area (Å²) in [5.41, 5.74) is 0. The second kappa shape index (κ2) is 3.47. The highest BCUT2D eigenvalue weighted by atomic mass is 16.5. The Morgan fingerprint density at radius 3 is 2.36 bits per heavy atom. The molecule has 0 amide bonds. The second-order valence-corrected chi connectivity index (χ2v) is 5.02. The molecule has 0 radical (unpaired) electrons. The van der Waals surface area contributed by atoms with Crippen molar-refractivity contribution in [3.8, 4) is 0 Å². The van der Waals surface area contributed by atoms with Gasteiger partial charge in [-0.05, 0) is 26.3 Å². The highest BCUT2D eigenvalue weighted by Gasteiger charge is 2.43. The van der Waals surface area contributed by atoms with Gasteiger partial charge < -0.3 is 9.64 Å². The smallest absolute Gasteiger partial charge is 0.0480 e. The molecule has 3 heteroatoms. The minimum absolute atomic E-state index is 0.826. The second-order valence-electron chi connectivity index (χ2n) is 5.02. The molecule has 0 aliphatic carbocycles. The zero-order valence-electron chi connectivity index (χ0n) is 8.98. The standard InChI is InChI=1S/C11H20N2O/c1-12-7-11-6-10(12)8-13(11)9-2-4-14-5-3-9/h9-11H,2-8H2,1H3. The van der Waals surface area contributed by atoms with Gasteiger partial charge in [0.25, 0.3) is 0 Å². The molecule has 3 aliphatic heterocycles. The first-order chi connectivity index (χ1) is 6.84. The van der Waals surface area contributed by atoms with E-state index in [9.17, 15) is 0 Å². The van der Waals surface area contributed by atoms with Gasteiger partial charge in [-0.15, -0.1) is 0 Å². The molecule has 0 saturated carbocycles. The lowest BCUT2D eigenvalue weighted by atomic mass is 10.1. The van der Waals surface area contributed by atoms with Gasteiger partial charge in [-0.2, -0.15) is 0 Å². The van der Waals surface area contributed by atoms with Crippen molar-refractivity contribution in [2.75, 3.05) is 33.4 Å². The molecular formula is C11H20N2O. The van der Waals surface area contributed by atoms with Crippen LogP contribution in [0.1, 0.15) is 19.3 Å². The van der Waals surface area contributed by atoms with Crippen LogP contribution >= 0.6 is 0 Å². The summed E-state index contributed by atoms with van der Waals surface area (Å²) in [6.07, 6.45) is 3.92. The first-order valence-corrected chi connectivity index (χ1v) is 5.88. The fourth-order valence-corrected chi connectivity index (χ4v) is 3.36. The summed E-state index contributed by atoms with van der Waals surface area (Å²) in [6, 6.07) is 2.53. The number of rotatable bonds is 1. The van der Waals surface area contributed by atoms with Gasteiger partial charge in [0.1, 0.15) is 0 Å². The van der Waals surface area contributed by atoms with Crippen molar-refractivity contribution < 1.29 is 4.74 Å². The average Bonchev–Trinajstić information content (AvgIpc) is 2.77. The van der Waals surface area contributed by atoms with E-state index in [4.69, 9.17) is 4.74 Å². The van der Waals surface area contributed by atoms with Crippen LogP contribution in [0.15, 0.2) is 0 Å². The first-order valence-electron chi connectivity index (χ1n) is 5.88. The van der Waals surface area contributed by atoms with Crippen molar-refractivity contribution in [3.63, 3.8) is 0 Å². The number of likely N-dealkylation sites (tertiary alicyclic amines) is 2. The van der Waals surface area contributed by atoms with Gasteiger partial charge in [-0.25, -0.2) is 0 Å². The van der Waals surface area contributed by atoms with Crippen molar-refractivity contribution in [3.05, 3.63) is 0 Å². The summed E-state index contributed by atoms with van der Waals surface area (Å²) in [5.74, 6) is 0. The molecule has 3 saturated heterocycles. The van der Waals surface area contributed by atoms with Gasteiger partial charge >= 0.3 is 0 Å². The van der Waals surface area contributed by atoms with Crippen molar-refractivity contribution >= 4 is 0 Å². The fourth-order valence-electron chi connectivity index (χ4n) is 3.36. The van der Waals surface area contributed by atoms with Crippen LogP contribution in [0.4, 0.5) is 0 Å². The summed E-state index contributed by atoms with van der Waals surface area (Å²) in [6.45, 7) is 4.57. The molecule has 14 heavy (non-hydrogen) atoms. The van der Waals surface area contributed by atoms with Crippen LogP contribution in [0.2, 0.25) is 0 Å². The van der Waals surface area contributed by atoms with Gasteiger partial charge in [-0.3, -0.25) is 4.90 Å². The number of fused-ring (bicyclic) bond motifs is 2. The summed E-state index contributed by atoms with van der Waals surface area (Å²) < 4.78 is 5.42. The van der Waals surface area contributed by atoms with Gasteiger partial charge in [0.2, 0.25) is 0 Å². The zero-order valence-corrected chi connectivity index (χ0v) is 8.98. The summed E-state index contributed by atoms with van der Waals surface area (Å²) in [7, 11) is 2.27. The minimum Gasteiger partial charge on any atom is -0.381 e. The van der Waals surface area contributed by atoms with Crippen LogP contribution in [-0.4, -0.2) is 61.3 Å².